The van der Waals surface area contributed by atoms with Crippen molar-refractivity contribution in [1.29, 1.82) is 0 Å². The molecule has 0 aliphatic heterocycles. The van der Waals surface area contributed by atoms with Crippen molar-refractivity contribution in [3.8, 4) is 0 Å². The van der Waals surface area contributed by atoms with Crippen LogP contribution in [0.4, 0.5) is 10.5 Å². The molecule has 5 heteroatoms. The number of hydrogen-bond acceptors (Lipinski definition) is 3. The predicted octanol–water partition coefficient (Wildman–Crippen LogP) is 3.78. The number of rotatable bonds is 6. The molecule has 0 heterocycles. The minimum atomic E-state index is -0.635. The first-order chi connectivity index (χ1) is 9.77. The van der Waals surface area contributed by atoms with Crippen LogP contribution in [0.1, 0.15) is 39.7 Å². The number of carbonyl (C=O) groups excluding carboxylic acids is 1. The fourth-order valence-electron chi connectivity index (χ4n) is 1.67. The van der Waals surface area contributed by atoms with Crippen LogP contribution in [-0.2, 0) is 0 Å². The lowest BCUT2D eigenvalue weighted by Crippen LogP contribution is -2.48. The zero-order chi connectivity index (χ0) is 16.0. The van der Waals surface area contributed by atoms with Crippen molar-refractivity contribution >= 4 is 23.5 Å². The van der Waals surface area contributed by atoms with Gasteiger partial charge in [-0.1, -0.05) is 13.8 Å². The summed E-state index contributed by atoms with van der Waals surface area (Å²) >= 11 is 1.84. The zero-order valence-corrected chi connectivity index (χ0v) is 14.3. The van der Waals surface area contributed by atoms with E-state index in [1.54, 1.807) is 13.8 Å². The summed E-state index contributed by atoms with van der Waals surface area (Å²) in [6.07, 6.45) is 1.13. The summed E-state index contributed by atoms with van der Waals surface area (Å²) in [5.74, 6) is 0. The molecular weight excluding hydrogens is 284 g/mol. The molecule has 1 aromatic rings. The van der Waals surface area contributed by atoms with Gasteiger partial charge in [0, 0.05) is 15.8 Å². The first-order valence-corrected chi connectivity index (χ1v) is 8.12. The fraction of sp³-hybridized carbons (Fsp3) is 0.562. The maximum Gasteiger partial charge on any atom is 0.319 e. The van der Waals surface area contributed by atoms with E-state index in [1.165, 1.54) is 4.90 Å². The third-order valence-electron chi connectivity index (χ3n) is 3.21. The molecule has 0 bridgehead atoms. The van der Waals surface area contributed by atoms with Gasteiger partial charge in [0.05, 0.1) is 12.1 Å². The normalized spacial score (nSPS) is 12.9. The zero-order valence-electron chi connectivity index (χ0n) is 13.5. The molecule has 118 valence electrons. The van der Waals surface area contributed by atoms with Gasteiger partial charge in [0.2, 0.25) is 0 Å². The fourth-order valence-corrected chi connectivity index (χ4v) is 2.69. The molecule has 0 aliphatic rings. The second kappa shape index (κ2) is 7.71. The first-order valence-electron chi connectivity index (χ1n) is 7.24. The maximum absolute atomic E-state index is 11.9. The molecular formula is C16H26N2O2S. The molecule has 0 saturated carbocycles. The van der Waals surface area contributed by atoms with Crippen molar-refractivity contribution in [3.05, 3.63) is 23.8 Å². The lowest BCUT2D eigenvalue weighted by molar-refractivity contribution is 0.187. The number of hydrogen-bond donors (Lipinski definition) is 3. The van der Waals surface area contributed by atoms with Crippen LogP contribution in [0.2, 0.25) is 0 Å². The summed E-state index contributed by atoms with van der Waals surface area (Å²) in [5, 5.41) is 15.3. The molecule has 0 aromatic heterocycles. The molecule has 2 amide bonds. The van der Waals surface area contributed by atoms with E-state index < -0.39 is 5.54 Å². The van der Waals surface area contributed by atoms with Crippen molar-refractivity contribution in [2.24, 2.45) is 0 Å². The monoisotopic (exact) mass is 310 g/mol. The number of nitrogens with one attached hydrogen (secondary N) is 2. The van der Waals surface area contributed by atoms with Crippen LogP contribution in [0.15, 0.2) is 23.1 Å². The van der Waals surface area contributed by atoms with Crippen LogP contribution in [-0.4, -0.2) is 28.5 Å². The largest absolute Gasteiger partial charge is 0.394 e. The lowest BCUT2D eigenvalue weighted by atomic mass is 10.1. The van der Waals surface area contributed by atoms with E-state index in [4.69, 9.17) is 5.11 Å². The third-order valence-corrected chi connectivity index (χ3v) is 4.47. The van der Waals surface area contributed by atoms with Crippen molar-refractivity contribution in [2.45, 2.75) is 56.7 Å². The number of aliphatic hydroxyl groups is 1. The summed E-state index contributed by atoms with van der Waals surface area (Å²) in [6.45, 7) is 9.79. The van der Waals surface area contributed by atoms with Crippen LogP contribution in [0.3, 0.4) is 0 Å². The Bertz CT molecular complexity index is 489. The molecule has 3 N–H and O–H groups in total. The number of amides is 2. The van der Waals surface area contributed by atoms with Gasteiger partial charge in [-0.15, -0.1) is 11.8 Å². The Morgan fingerprint density at radius 1 is 1.43 bits per heavy atom. The molecule has 1 atom stereocenters. The van der Waals surface area contributed by atoms with E-state index in [2.05, 4.69) is 30.5 Å². The van der Waals surface area contributed by atoms with E-state index in [0.717, 1.165) is 17.7 Å². The Labute approximate surface area is 131 Å². The Morgan fingerprint density at radius 3 is 2.62 bits per heavy atom. The molecule has 4 nitrogen and oxygen atoms in total. The van der Waals surface area contributed by atoms with E-state index in [0.29, 0.717) is 5.25 Å². The van der Waals surface area contributed by atoms with Crippen molar-refractivity contribution < 1.29 is 9.90 Å². The Kier molecular flexibility index (Phi) is 6.55. The lowest BCUT2D eigenvalue weighted by Gasteiger charge is -2.24. The molecule has 1 aromatic carbocycles. The molecule has 0 radical (unpaired) electrons. The predicted molar refractivity (Wildman–Crippen MR) is 90.1 cm³/mol. The topological polar surface area (TPSA) is 61.4 Å². The maximum atomic E-state index is 11.9. The molecule has 0 saturated heterocycles. The summed E-state index contributed by atoms with van der Waals surface area (Å²) in [4.78, 5) is 13.1. The van der Waals surface area contributed by atoms with Crippen LogP contribution >= 0.6 is 11.8 Å². The van der Waals surface area contributed by atoms with E-state index in [-0.39, 0.29) is 12.6 Å². The number of aliphatic hydroxyl groups excluding tert-OH is 1. The number of benzene rings is 1. The van der Waals surface area contributed by atoms with Crippen LogP contribution in [0.25, 0.3) is 0 Å². The second-order valence-corrected chi connectivity index (χ2v) is 7.45. The highest BCUT2D eigenvalue weighted by molar-refractivity contribution is 7.99. The summed E-state index contributed by atoms with van der Waals surface area (Å²) < 4.78 is 0. The molecule has 0 aliphatic carbocycles. The van der Waals surface area contributed by atoms with E-state index >= 15 is 0 Å². The smallest absolute Gasteiger partial charge is 0.319 e. The average molecular weight is 310 g/mol. The summed E-state index contributed by atoms with van der Waals surface area (Å²) in [7, 11) is 0. The minimum absolute atomic E-state index is 0.107. The van der Waals surface area contributed by atoms with Crippen molar-refractivity contribution in [1.82, 2.24) is 5.32 Å². The highest BCUT2D eigenvalue weighted by Crippen LogP contribution is 2.28. The van der Waals surface area contributed by atoms with Gasteiger partial charge in [0.25, 0.3) is 0 Å². The Morgan fingerprint density at radius 2 is 2.10 bits per heavy atom. The van der Waals surface area contributed by atoms with Crippen molar-refractivity contribution in [3.63, 3.8) is 0 Å². The van der Waals surface area contributed by atoms with Gasteiger partial charge < -0.3 is 15.7 Å². The van der Waals surface area contributed by atoms with Gasteiger partial charge in [0.15, 0.2) is 0 Å². The molecule has 1 rings (SSSR count). The molecule has 0 fully saturated rings. The molecule has 21 heavy (non-hydrogen) atoms. The standard InChI is InChI=1S/C16H26N2O2S/c1-6-12(3)21-13-7-8-14(11(2)9-13)17-15(20)18-16(4,5)10-19/h7-9,12,19H,6,10H2,1-5H3,(H2,17,18,20). The van der Waals surface area contributed by atoms with Crippen LogP contribution in [0, 0.1) is 6.92 Å². The van der Waals surface area contributed by atoms with Gasteiger partial charge in [-0.25, -0.2) is 4.79 Å². The van der Waals surface area contributed by atoms with Gasteiger partial charge in [-0.2, -0.15) is 0 Å². The van der Waals surface area contributed by atoms with Gasteiger partial charge >= 0.3 is 6.03 Å². The minimum Gasteiger partial charge on any atom is -0.394 e. The molecule has 1 unspecified atom stereocenters. The number of aryl methyl sites for hydroxylation is 1. The van der Waals surface area contributed by atoms with Gasteiger partial charge in [-0.05, 0) is 51.0 Å². The summed E-state index contributed by atoms with van der Waals surface area (Å²) in [5.41, 5.74) is 1.18. The molecule has 0 spiro atoms. The first kappa shape index (κ1) is 17.9. The van der Waals surface area contributed by atoms with Gasteiger partial charge in [-0.3, -0.25) is 0 Å². The van der Waals surface area contributed by atoms with E-state index in [9.17, 15) is 4.79 Å². The van der Waals surface area contributed by atoms with Crippen LogP contribution in [0.5, 0.6) is 0 Å². The average Bonchev–Trinajstić information content (AvgIpc) is 2.41. The van der Waals surface area contributed by atoms with Gasteiger partial charge in [0.1, 0.15) is 0 Å². The quantitative estimate of drug-likeness (QED) is 0.701. The van der Waals surface area contributed by atoms with E-state index in [1.807, 2.05) is 30.8 Å². The number of urea groups is 1. The second-order valence-electron chi connectivity index (χ2n) is 5.93. The van der Waals surface area contributed by atoms with Crippen molar-refractivity contribution in [2.75, 3.05) is 11.9 Å². The number of anilines is 1. The SMILES string of the molecule is CCC(C)Sc1ccc(NC(=O)NC(C)(C)CO)c(C)c1. The Balaban J connectivity index is 2.70. The number of carbonyl (C=O) groups is 1. The highest BCUT2D eigenvalue weighted by Gasteiger charge is 2.19. The third kappa shape index (κ3) is 5.98. The Hall–Kier alpha value is -1.20. The highest BCUT2D eigenvalue weighted by atomic mass is 32.2. The number of thioether (sulfide) groups is 1. The summed E-state index contributed by atoms with van der Waals surface area (Å²) in [6, 6.07) is 5.73. The van der Waals surface area contributed by atoms with Crippen LogP contribution < -0.4 is 10.6 Å².